The van der Waals surface area contributed by atoms with E-state index in [1.807, 2.05) is 0 Å². The van der Waals surface area contributed by atoms with Gasteiger partial charge in [-0.3, -0.25) is 9.18 Å². The molecule has 1 heterocycles. The van der Waals surface area contributed by atoms with E-state index in [0.29, 0.717) is 5.56 Å². The third-order valence-corrected chi connectivity index (χ3v) is 3.74. The third-order valence-electron chi connectivity index (χ3n) is 3.39. The molecule has 0 saturated heterocycles. The average Bonchev–Trinajstić information content (AvgIpc) is 2.93. The van der Waals surface area contributed by atoms with E-state index in [1.54, 1.807) is 6.92 Å². The Balaban J connectivity index is 2.29. The summed E-state index contributed by atoms with van der Waals surface area (Å²) in [6.07, 6.45) is 0.388. The molecule has 0 aliphatic carbocycles. The van der Waals surface area contributed by atoms with Crippen LogP contribution in [-0.2, 0) is 22.5 Å². The Kier molecular flexibility index (Phi) is 6.63. The van der Waals surface area contributed by atoms with E-state index in [9.17, 15) is 18.4 Å². The maximum Gasteiger partial charge on any atom is 0.368 e. The predicted molar refractivity (Wildman–Crippen MR) is 86.1 cm³/mol. The first-order valence-corrected chi connectivity index (χ1v) is 8.08. The van der Waals surface area contributed by atoms with Crippen LogP contribution >= 0.6 is 11.6 Å². The van der Waals surface area contributed by atoms with Crippen molar-refractivity contribution in [2.75, 3.05) is 13.3 Å². The molecule has 0 radical (unpaired) electrons. The quantitative estimate of drug-likeness (QED) is 0.661. The number of aromatic nitrogens is 4. The number of carbonyl (C=O) groups is 1. The largest absolute Gasteiger partial charge is 0.466 e. The average molecular weight is 375 g/mol. The van der Waals surface area contributed by atoms with E-state index in [4.69, 9.17) is 16.3 Å². The molecule has 136 valence electrons. The highest BCUT2D eigenvalue weighted by Crippen LogP contribution is 2.23. The number of benzene rings is 1. The summed E-state index contributed by atoms with van der Waals surface area (Å²) in [4.78, 5) is 23.6. The number of aryl methyl sites for hydroxylation is 2. The van der Waals surface area contributed by atoms with Crippen LogP contribution in [0.15, 0.2) is 16.9 Å². The molecule has 0 spiro atoms. The Labute approximate surface area is 147 Å². The SMILES string of the molecule is CCOC(=O)CCc1cc(-n2nnn(CCCF)c2=O)c(F)cc1Cl. The van der Waals surface area contributed by atoms with Crippen LogP contribution in [0.1, 0.15) is 25.3 Å². The maximum absolute atomic E-state index is 14.2. The molecule has 0 atom stereocenters. The smallest absolute Gasteiger partial charge is 0.368 e. The van der Waals surface area contributed by atoms with E-state index in [2.05, 4.69) is 10.4 Å². The number of hydrogen-bond donors (Lipinski definition) is 0. The number of rotatable bonds is 8. The van der Waals surface area contributed by atoms with Crippen molar-refractivity contribution in [2.45, 2.75) is 32.7 Å². The molecule has 1 aromatic heterocycles. The Bertz CT molecular complexity index is 807. The number of tetrazole rings is 1. The van der Waals surface area contributed by atoms with Crippen molar-refractivity contribution < 1.29 is 18.3 Å². The summed E-state index contributed by atoms with van der Waals surface area (Å²) in [6, 6.07) is 2.39. The molecule has 0 aliphatic heterocycles. The van der Waals surface area contributed by atoms with E-state index in [-0.39, 0.29) is 43.1 Å². The first-order valence-electron chi connectivity index (χ1n) is 7.70. The molecule has 2 aromatic rings. The highest BCUT2D eigenvalue weighted by atomic mass is 35.5. The van der Waals surface area contributed by atoms with Gasteiger partial charge in [0.25, 0.3) is 0 Å². The number of ether oxygens (including phenoxy) is 1. The Hall–Kier alpha value is -2.29. The van der Waals surface area contributed by atoms with Gasteiger partial charge in [-0.05, 0) is 47.9 Å². The fourth-order valence-electron chi connectivity index (χ4n) is 2.18. The number of esters is 1. The highest BCUT2D eigenvalue weighted by molar-refractivity contribution is 6.31. The lowest BCUT2D eigenvalue weighted by Crippen LogP contribution is -2.25. The van der Waals surface area contributed by atoms with Gasteiger partial charge in [-0.1, -0.05) is 11.6 Å². The van der Waals surface area contributed by atoms with Gasteiger partial charge in [0.05, 0.1) is 19.8 Å². The van der Waals surface area contributed by atoms with Crippen LogP contribution in [0.25, 0.3) is 5.69 Å². The van der Waals surface area contributed by atoms with Gasteiger partial charge >= 0.3 is 11.7 Å². The zero-order valence-corrected chi connectivity index (χ0v) is 14.3. The monoisotopic (exact) mass is 374 g/mol. The van der Waals surface area contributed by atoms with Crippen molar-refractivity contribution in [1.29, 1.82) is 0 Å². The summed E-state index contributed by atoms with van der Waals surface area (Å²) in [5.74, 6) is -1.16. The van der Waals surface area contributed by atoms with Gasteiger partial charge in [-0.2, -0.15) is 9.36 Å². The minimum absolute atomic E-state index is 0.0419. The predicted octanol–water partition coefficient (Wildman–Crippen LogP) is 2.08. The normalized spacial score (nSPS) is 10.9. The van der Waals surface area contributed by atoms with Gasteiger partial charge in [-0.15, -0.1) is 0 Å². The van der Waals surface area contributed by atoms with Gasteiger partial charge in [0.15, 0.2) is 5.82 Å². The van der Waals surface area contributed by atoms with Crippen molar-refractivity contribution in [3.05, 3.63) is 39.0 Å². The zero-order valence-electron chi connectivity index (χ0n) is 13.5. The molecule has 0 saturated carbocycles. The van der Waals surface area contributed by atoms with Gasteiger partial charge in [0.2, 0.25) is 0 Å². The van der Waals surface area contributed by atoms with E-state index < -0.39 is 24.2 Å². The Morgan fingerprint density at radius 1 is 1.36 bits per heavy atom. The molecule has 0 N–H and O–H groups in total. The minimum atomic E-state index is -0.760. The van der Waals surface area contributed by atoms with Crippen LogP contribution in [0, 0.1) is 5.82 Å². The molecule has 2 rings (SSSR count). The number of nitrogens with zero attached hydrogens (tertiary/aromatic N) is 4. The lowest BCUT2D eigenvalue weighted by molar-refractivity contribution is -0.143. The molecule has 0 fully saturated rings. The summed E-state index contributed by atoms with van der Waals surface area (Å²) in [6.45, 7) is 1.39. The standard InChI is InChI=1S/C15H17ClF2N4O3/c1-2-25-14(23)5-4-10-8-13(12(18)9-11(10)16)22-15(24)21(19-20-22)7-3-6-17/h8-9H,2-7H2,1H3. The second kappa shape index (κ2) is 8.70. The first kappa shape index (κ1) is 19.0. The van der Waals surface area contributed by atoms with Crippen molar-refractivity contribution in [3.8, 4) is 5.69 Å². The fourth-order valence-corrected chi connectivity index (χ4v) is 2.42. The van der Waals surface area contributed by atoms with Crippen LogP contribution in [0.4, 0.5) is 8.78 Å². The van der Waals surface area contributed by atoms with Gasteiger partial charge in [0, 0.05) is 11.4 Å². The van der Waals surface area contributed by atoms with Crippen molar-refractivity contribution in [2.24, 2.45) is 0 Å². The lowest BCUT2D eigenvalue weighted by atomic mass is 10.1. The highest BCUT2D eigenvalue weighted by Gasteiger charge is 2.16. The number of hydrogen-bond acceptors (Lipinski definition) is 5. The molecular formula is C15H17ClF2N4O3. The summed E-state index contributed by atoms with van der Waals surface area (Å²) in [7, 11) is 0. The molecule has 0 unspecified atom stereocenters. The molecule has 0 aliphatic rings. The van der Waals surface area contributed by atoms with E-state index >= 15 is 0 Å². The third kappa shape index (κ3) is 4.62. The Morgan fingerprint density at radius 2 is 2.12 bits per heavy atom. The minimum Gasteiger partial charge on any atom is -0.466 e. The molecular weight excluding hydrogens is 358 g/mol. The van der Waals surface area contributed by atoms with Crippen LogP contribution in [0.2, 0.25) is 5.02 Å². The topological polar surface area (TPSA) is 79.0 Å². The Morgan fingerprint density at radius 3 is 2.80 bits per heavy atom. The van der Waals surface area contributed by atoms with Crippen molar-refractivity contribution >= 4 is 17.6 Å². The molecule has 0 amide bonds. The summed E-state index contributed by atoms with van der Waals surface area (Å²) in [5.41, 5.74) is -0.359. The molecule has 1 aromatic carbocycles. The maximum atomic E-state index is 14.2. The molecule has 7 nitrogen and oxygen atoms in total. The van der Waals surface area contributed by atoms with Crippen LogP contribution < -0.4 is 5.69 Å². The fraction of sp³-hybridized carbons (Fsp3) is 0.467. The summed E-state index contributed by atoms with van der Waals surface area (Å²) in [5, 5.41) is 7.34. The van der Waals surface area contributed by atoms with Gasteiger partial charge < -0.3 is 4.74 Å². The molecule has 10 heteroatoms. The first-order chi connectivity index (χ1) is 12.0. The molecule has 25 heavy (non-hydrogen) atoms. The number of carbonyl (C=O) groups excluding carboxylic acids is 1. The molecule has 0 bridgehead atoms. The number of alkyl halides is 1. The lowest BCUT2D eigenvalue weighted by Gasteiger charge is -2.08. The van der Waals surface area contributed by atoms with Crippen molar-refractivity contribution in [1.82, 2.24) is 19.8 Å². The van der Waals surface area contributed by atoms with E-state index in [0.717, 1.165) is 15.4 Å². The zero-order chi connectivity index (χ0) is 18.4. The van der Waals surface area contributed by atoms with Gasteiger partial charge in [-0.25, -0.2) is 9.18 Å². The van der Waals surface area contributed by atoms with Crippen LogP contribution in [-0.4, -0.2) is 39.0 Å². The summed E-state index contributed by atoms with van der Waals surface area (Å²) < 4.78 is 33.0. The number of halogens is 3. The second-order valence-corrected chi connectivity index (χ2v) is 5.55. The van der Waals surface area contributed by atoms with Crippen LogP contribution in [0.5, 0.6) is 0 Å². The second-order valence-electron chi connectivity index (χ2n) is 5.14. The van der Waals surface area contributed by atoms with Crippen molar-refractivity contribution in [3.63, 3.8) is 0 Å². The summed E-state index contributed by atoms with van der Waals surface area (Å²) >= 11 is 6.00. The van der Waals surface area contributed by atoms with Crippen LogP contribution in [0.3, 0.4) is 0 Å². The van der Waals surface area contributed by atoms with Gasteiger partial charge in [0.1, 0.15) is 5.69 Å². The van der Waals surface area contributed by atoms with E-state index in [1.165, 1.54) is 6.07 Å².